The van der Waals surface area contributed by atoms with Crippen LogP contribution in [0, 0.1) is 11.3 Å². The molecule has 0 aromatic heterocycles. The van der Waals surface area contributed by atoms with E-state index in [9.17, 15) is 9.90 Å². The maximum absolute atomic E-state index is 12.0. The van der Waals surface area contributed by atoms with E-state index in [1.807, 2.05) is 0 Å². The van der Waals surface area contributed by atoms with Crippen LogP contribution in [-0.2, 0) is 4.79 Å². The van der Waals surface area contributed by atoms with Crippen molar-refractivity contribution < 1.29 is 9.90 Å². The van der Waals surface area contributed by atoms with Gasteiger partial charge in [-0.25, -0.2) is 0 Å². The van der Waals surface area contributed by atoms with Gasteiger partial charge in [0.15, 0.2) is 0 Å². The lowest BCUT2D eigenvalue weighted by Crippen LogP contribution is -2.51. The fourth-order valence-electron chi connectivity index (χ4n) is 2.90. The Morgan fingerprint density at radius 3 is 2.41 bits per heavy atom. The Balaban J connectivity index is 1.73. The van der Waals surface area contributed by atoms with Crippen LogP contribution in [0.2, 0.25) is 0 Å². The number of carbonyl (C=O) groups excluding carboxylic acids is 1. The van der Waals surface area contributed by atoms with Gasteiger partial charge >= 0.3 is 0 Å². The van der Waals surface area contributed by atoms with Crippen molar-refractivity contribution in [1.29, 1.82) is 0 Å². The lowest BCUT2D eigenvalue weighted by Gasteiger charge is -2.39. The Labute approximate surface area is 103 Å². The minimum absolute atomic E-state index is 0.121. The van der Waals surface area contributed by atoms with E-state index < -0.39 is 0 Å². The first-order valence-corrected chi connectivity index (χ1v) is 6.83. The molecule has 0 aliphatic heterocycles. The molecule has 4 heteroatoms. The van der Waals surface area contributed by atoms with Gasteiger partial charge in [0.05, 0.1) is 11.5 Å². The van der Waals surface area contributed by atoms with Gasteiger partial charge in [0.25, 0.3) is 0 Å². The molecule has 2 saturated carbocycles. The molecule has 0 aromatic carbocycles. The Morgan fingerprint density at radius 1 is 1.29 bits per heavy atom. The number of nitrogens with two attached hydrogens (primary N) is 1. The zero-order chi connectivity index (χ0) is 12.3. The van der Waals surface area contributed by atoms with Crippen molar-refractivity contribution in [3.05, 3.63) is 0 Å². The van der Waals surface area contributed by atoms with Crippen molar-refractivity contribution in [2.24, 2.45) is 17.1 Å². The predicted octanol–water partition coefficient (Wildman–Crippen LogP) is 0.783. The van der Waals surface area contributed by atoms with Crippen LogP contribution in [0.1, 0.15) is 44.9 Å². The van der Waals surface area contributed by atoms with Gasteiger partial charge in [0, 0.05) is 13.1 Å². The van der Waals surface area contributed by atoms with Crippen LogP contribution in [-0.4, -0.2) is 30.2 Å². The van der Waals surface area contributed by atoms with E-state index in [-0.39, 0.29) is 17.4 Å². The van der Waals surface area contributed by atoms with Crippen LogP contribution in [0.3, 0.4) is 0 Å². The molecule has 0 aromatic rings. The van der Waals surface area contributed by atoms with Crippen LogP contribution in [0.5, 0.6) is 0 Å². The molecule has 0 bridgehead atoms. The van der Waals surface area contributed by atoms with Gasteiger partial charge in [-0.1, -0.05) is 6.42 Å². The first-order valence-electron chi connectivity index (χ1n) is 6.83. The van der Waals surface area contributed by atoms with E-state index in [4.69, 9.17) is 5.73 Å². The molecule has 98 valence electrons. The SMILES string of the molecule is NCC1(C(=O)NCC2CCC(O)CC2)CCC1. The number of aliphatic hydroxyl groups excluding tert-OH is 1. The van der Waals surface area contributed by atoms with E-state index in [1.54, 1.807) is 0 Å². The average Bonchev–Trinajstić information content (AvgIpc) is 2.27. The lowest BCUT2D eigenvalue weighted by molar-refractivity contribution is -0.135. The largest absolute Gasteiger partial charge is 0.393 e. The van der Waals surface area contributed by atoms with E-state index in [0.717, 1.165) is 51.5 Å². The van der Waals surface area contributed by atoms with Gasteiger partial charge < -0.3 is 16.2 Å². The summed E-state index contributed by atoms with van der Waals surface area (Å²) in [5.41, 5.74) is 5.45. The average molecular weight is 240 g/mol. The molecule has 2 rings (SSSR count). The predicted molar refractivity (Wildman–Crippen MR) is 66.3 cm³/mol. The summed E-state index contributed by atoms with van der Waals surface area (Å²) >= 11 is 0. The first kappa shape index (κ1) is 12.8. The normalized spacial score (nSPS) is 31.6. The summed E-state index contributed by atoms with van der Waals surface area (Å²) in [6.45, 7) is 1.23. The summed E-state index contributed by atoms with van der Waals surface area (Å²) in [7, 11) is 0. The number of carbonyl (C=O) groups is 1. The minimum atomic E-state index is -0.256. The van der Waals surface area contributed by atoms with Crippen LogP contribution < -0.4 is 11.1 Å². The first-order chi connectivity index (χ1) is 8.16. The fraction of sp³-hybridized carbons (Fsp3) is 0.923. The molecule has 4 N–H and O–H groups in total. The molecule has 1 amide bonds. The van der Waals surface area contributed by atoms with Crippen molar-refractivity contribution in [2.75, 3.05) is 13.1 Å². The maximum atomic E-state index is 12.0. The topological polar surface area (TPSA) is 75.4 Å². The van der Waals surface area contributed by atoms with Gasteiger partial charge in [0.2, 0.25) is 5.91 Å². The summed E-state index contributed by atoms with van der Waals surface area (Å²) in [5.74, 6) is 0.689. The molecular formula is C13H24N2O2. The molecule has 2 aliphatic carbocycles. The third-order valence-corrected chi connectivity index (χ3v) is 4.55. The van der Waals surface area contributed by atoms with Crippen molar-refractivity contribution in [1.82, 2.24) is 5.32 Å². The van der Waals surface area contributed by atoms with Crippen molar-refractivity contribution in [2.45, 2.75) is 51.0 Å². The van der Waals surface area contributed by atoms with Gasteiger partial charge in [-0.2, -0.15) is 0 Å². The van der Waals surface area contributed by atoms with Crippen molar-refractivity contribution >= 4 is 5.91 Å². The highest BCUT2D eigenvalue weighted by atomic mass is 16.3. The number of hydrogen-bond acceptors (Lipinski definition) is 3. The van der Waals surface area contributed by atoms with E-state index in [2.05, 4.69) is 5.32 Å². The van der Waals surface area contributed by atoms with Crippen LogP contribution in [0.15, 0.2) is 0 Å². The summed E-state index contributed by atoms with van der Waals surface area (Å²) in [5, 5.41) is 12.5. The molecule has 2 aliphatic rings. The van der Waals surface area contributed by atoms with Crippen LogP contribution in [0.25, 0.3) is 0 Å². The molecule has 0 atom stereocenters. The molecule has 0 heterocycles. The number of nitrogens with one attached hydrogen (secondary N) is 1. The van der Waals surface area contributed by atoms with E-state index >= 15 is 0 Å². The third kappa shape index (κ3) is 2.80. The number of hydrogen-bond donors (Lipinski definition) is 3. The smallest absolute Gasteiger partial charge is 0.227 e. The molecule has 0 unspecified atom stereocenters. The highest BCUT2D eigenvalue weighted by molar-refractivity contribution is 5.83. The summed E-state index contributed by atoms with van der Waals surface area (Å²) in [6.07, 6.45) is 6.70. The second kappa shape index (κ2) is 5.36. The third-order valence-electron chi connectivity index (χ3n) is 4.55. The van der Waals surface area contributed by atoms with Crippen molar-refractivity contribution in [3.63, 3.8) is 0 Å². The maximum Gasteiger partial charge on any atom is 0.227 e. The standard InChI is InChI=1S/C13H24N2O2/c14-9-13(6-1-7-13)12(17)15-8-10-2-4-11(16)5-3-10/h10-11,16H,1-9,14H2,(H,15,17). The van der Waals surface area contributed by atoms with Gasteiger partial charge in [-0.3, -0.25) is 4.79 Å². The van der Waals surface area contributed by atoms with Gasteiger partial charge in [-0.05, 0) is 44.4 Å². The lowest BCUT2D eigenvalue weighted by atomic mass is 9.68. The van der Waals surface area contributed by atoms with Gasteiger partial charge in [0.1, 0.15) is 0 Å². The van der Waals surface area contributed by atoms with E-state index in [0.29, 0.717) is 12.5 Å². The number of rotatable bonds is 4. The fourth-order valence-corrected chi connectivity index (χ4v) is 2.90. The second-order valence-electron chi connectivity index (χ2n) is 5.72. The molecule has 17 heavy (non-hydrogen) atoms. The summed E-state index contributed by atoms with van der Waals surface area (Å²) in [4.78, 5) is 12.0. The van der Waals surface area contributed by atoms with Gasteiger partial charge in [-0.15, -0.1) is 0 Å². The molecule has 2 fully saturated rings. The van der Waals surface area contributed by atoms with Crippen molar-refractivity contribution in [3.8, 4) is 0 Å². The number of aliphatic hydroxyl groups is 1. The zero-order valence-corrected chi connectivity index (χ0v) is 10.5. The number of amides is 1. The Bertz CT molecular complexity index is 263. The molecule has 0 radical (unpaired) electrons. The molecule has 0 spiro atoms. The van der Waals surface area contributed by atoms with Crippen LogP contribution in [0.4, 0.5) is 0 Å². The molecule has 4 nitrogen and oxygen atoms in total. The van der Waals surface area contributed by atoms with E-state index in [1.165, 1.54) is 0 Å². The van der Waals surface area contributed by atoms with Crippen LogP contribution >= 0.6 is 0 Å². The zero-order valence-electron chi connectivity index (χ0n) is 10.5. The highest BCUT2D eigenvalue weighted by Crippen LogP contribution is 2.40. The molecule has 0 saturated heterocycles. The summed E-state index contributed by atoms with van der Waals surface area (Å²) in [6, 6.07) is 0. The Hall–Kier alpha value is -0.610. The second-order valence-corrected chi connectivity index (χ2v) is 5.72. The molecular weight excluding hydrogens is 216 g/mol. The highest BCUT2D eigenvalue weighted by Gasteiger charge is 2.42. The Morgan fingerprint density at radius 2 is 1.94 bits per heavy atom. The quantitative estimate of drug-likeness (QED) is 0.680. The Kier molecular flexibility index (Phi) is 4.05. The monoisotopic (exact) mass is 240 g/mol. The minimum Gasteiger partial charge on any atom is -0.393 e. The summed E-state index contributed by atoms with van der Waals surface area (Å²) < 4.78 is 0.